The summed E-state index contributed by atoms with van der Waals surface area (Å²) in [7, 11) is 0. The molecule has 1 amide bonds. The van der Waals surface area contributed by atoms with Crippen molar-refractivity contribution in [1.82, 2.24) is 4.98 Å². The van der Waals surface area contributed by atoms with Crippen molar-refractivity contribution in [2.75, 3.05) is 10.7 Å². The number of non-ortho nitro benzene ring substituents is 1. The standard InChI is InChI=1S/C12H10FN5O3/c13-8-3-9(5-10(4-8)18(20)21)16-12(19)7-1-2-11(17-14)15-6-7/h1-6H,14H2,(H,15,17)(H,16,19). The second-order valence-corrected chi connectivity index (χ2v) is 3.99. The van der Waals surface area contributed by atoms with Crippen LogP contribution in [0.1, 0.15) is 10.4 Å². The molecule has 2 rings (SSSR count). The van der Waals surface area contributed by atoms with Gasteiger partial charge in [0.2, 0.25) is 0 Å². The molecular weight excluding hydrogens is 281 g/mol. The van der Waals surface area contributed by atoms with E-state index in [0.717, 1.165) is 18.2 Å². The number of carbonyl (C=O) groups is 1. The normalized spacial score (nSPS) is 10.0. The van der Waals surface area contributed by atoms with E-state index < -0.39 is 22.3 Å². The predicted octanol–water partition coefficient (Wildman–Crippen LogP) is 1.67. The van der Waals surface area contributed by atoms with Crippen molar-refractivity contribution in [1.29, 1.82) is 0 Å². The summed E-state index contributed by atoms with van der Waals surface area (Å²) in [6, 6.07) is 5.73. The molecule has 2 aromatic rings. The van der Waals surface area contributed by atoms with Crippen molar-refractivity contribution in [2.45, 2.75) is 0 Å². The van der Waals surface area contributed by atoms with Gasteiger partial charge in [0.25, 0.3) is 11.6 Å². The predicted molar refractivity (Wildman–Crippen MR) is 73.1 cm³/mol. The molecule has 0 unspecified atom stereocenters. The van der Waals surface area contributed by atoms with Gasteiger partial charge >= 0.3 is 0 Å². The van der Waals surface area contributed by atoms with Gasteiger partial charge in [-0.15, -0.1) is 0 Å². The lowest BCUT2D eigenvalue weighted by Gasteiger charge is -2.06. The largest absolute Gasteiger partial charge is 0.322 e. The van der Waals surface area contributed by atoms with Crippen molar-refractivity contribution < 1.29 is 14.1 Å². The Balaban J connectivity index is 2.20. The molecular formula is C12H10FN5O3. The minimum atomic E-state index is -0.819. The Labute approximate surface area is 117 Å². The van der Waals surface area contributed by atoms with Gasteiger partial charge in [-0.2, -0.15) is 0 Å². The van der Waals surface area contributed by atoms with Gasteiger partial charge in [-0.1, -0.05) is 0 Å². The van der Waals surface area contributed by atoms with Crippen molar-refractivity contribution in [3.05, 3.63) is 58.0 Å². The first-order valence-corrected chi connectivity index (χ1v) is 5.68. The summed E-state index contributed by atoms with van der Waals surface area (Å²) in [6.45, 7) is 0. The maximum Gasteiger partial charge on any atom is 0.274 e. The number of hydrazine groups is 1. The average Bonchev–Trinajstić information content (AvgIpc) is 2.46. The third kappa shape index (κ3) is 3.48. The number of nitro benzene ring substituents is 1. The number of hydrogen-bond donors (Lipinski definition) is 3. The summed E-state index contributed by atoms with van der Waals surface area (Å²) in [5.41, 5.74) is 2.02. The first-order chi connectivity index (χ1) is 9.99. The Kier molecular flexibility index (Phi) is 4.05. The molecule has 0 bridgehead atoms. The number of nitrogen functional groups attached to an aromatic ring is 1. The summed E-state index contributed by atoms with van der Waals surface area (Å²) >= 11 is 0. The number of anilines is 2. The quantitative estimate of drug-likeness (QED) is 0.447. The van der Waals surface area contributed by atoms with E-state index in [0.29, 0.717) is 5.82 Å². The minimum absolute atomic E-state index is 0.0206. The van der Waals surface area contributed by atoms with Crippen LogP contribution in [0, 0.1) is 15.9 Å². The van der Waals surface area contributed by atoms with E-state index in [-0.39, 0.29) is 11.3 Å². The van der Waals surface area contributed by atoms with Crippen molar-refractivity contribution in [3.63, 3.8) is 0 Å². The van der Waals surface area contributed by atoms with E-state index in [9.17, 15) is 19.3 Å². The number of aromatic nitrogens is 1. The third-order valence-corrected chi connectivity index (χ3v) is 2.52. The number of halogens is 1. The molecule has 0 radical (unpaired) electrons. The van der Waals surface area contributed by atoms with Crippen LogP contribution >= 0.6 is 0 Å². The fourth-order valence-corrected chi connectivity index (χ4v) is 1.57. The van der Waals surface area contributed by atoms with E-state index in [4.69, 9.17) is 5.84 Å². The molecule has 0 aliphatic rings. The second-order valence-electron chi connectivity index (χ2n) is 3.99. The van der Waals surface area contributed by atoms with Crippen molar-refractivity contribution >= 4 is 23.1 Å². The molecule has 0 aliphatic carbocycles. The van der Waals surface area contributed by atoms with Gasteiger partial charge in [0.1, 0.15) is 11.6 Å². The number of pyridine rings is 1. The third-order valence-electron chi connectivity index (χ3n) is 2.52. The molecule has 1 aromatic carbocycles. The monoisotopic (exact) mass is 291 g/mol. The highest BCUT2D eigenvalue weighted by Gasteiger charge is 2.13. The molecule has 0 saturated carbocycles. The first kappa shape index (κ1) is 14.3. The molecule has 0 spiro atoms. The van der Waals surface area contributed by atoms with Gasteiger partial charge in [-0.3, -0.25) is 14.9 Å². The zero-order valence-electron chi connectivity index (χ0n) is 10.5. The van der Waals surface area contributed by atoms with Crippen molar-refractivity contribution in [3.8, 4) is 0 Å². The topological polar surface area (TPSA) is 123 Å². The van der Waals surface area contributed by atoms with Crippen LogP contribution in [-0.4, -0.2) is 15.8 Å². The maximum absolute atomic E-state index is 13.2. The van der Waals surface area contributed by atoms with Crippen LogP contribution in [0.15, 0.2) is 36.5 Å². The molecule has 8 nitrogen and oxygen atoms in total. The molecule has 0 aliphatic heterocycles. The second kappa shape index (κ2) is 5.92. The Hall–Kier alpha value is -3.07. The number of nitrogens with one attached hydrogen (secondary N) is 2. The highest BCUT2D eigenvalue weighted by atomic mass is 19.1. The van der Waals surface area contributed by atoms with Gasteiger partial charge in [-0.05, 0) is 18.2 Å². The molecule has 9 heteroatoms. The molecule has 0 saturated heterocycles. The lowest BCUT2D eigenvalue weighted by molar-refractivity contribution is -0.385. The molecule has 1 heterocycles. The molecule has 0 fully saturated rings. The summed E-state index contributed by atoms with van der Waals surface area (Å²) < 4.78 is 13.2. The van der Waals surface area contributed by atoms with Crippen molar-refractivity contribution in [2.24, 2.45) is 5.84 Å². The van der Waals surface area contributed by atoms with Gasteiger partial charge in [0.05, 0.1) is 22.2 Å². The molecule has 4 N–H and O–H groups in total. The summed E-state index contributed by atoms with van der Waals surface area (Å²) in [4.78, 5) is 25.6. The number of nitrogens with zero attached hydrogens (tertiary/aromatic N) is 2. The van der Waals surface area contributed by atoms with E-state index in [1.165, 1.54) is 18.3 Å². The minimum Gasteiger partial charge on any atom is -0.322 e. The van der Waals surface area contributed by atoms with Crippen LogP contribution in [0.25, 0.3) is 0 Å². The summed E-state index contributed by atoms with van der Waals surface area (Å²) in [6.07, 6.45) is 1.26. The maximum atomic E-state index is 13.2. The number of benzene rings is 1. The molecule has 108 valence electrons. The van der Waals surface area contributed by atoms with Gasteiger partial charge in [0, 0.05) is 12.3 Å². The highest BCUT2D eigenvalue weighted by Crippen LogP contribution is 2.20. The number of rotatable bonds is 4. The zero-order chi connectivity index (χ0) is 15.4. The fourth-order valence-electron chi connectivity index (χ4n) is 1.57. The summed E-state index contributed by atoms with van der Waals surface area (Å²) in [5.74, 6) is 4.11. The number of amides is 1. The number of nitro groups is 1. The van der Waals surface area contributed by atoms with E-state index in [1.807, 2.05) is 0 Å². The Morgan fingerprint density at radius 1 is 1.33 bits per heavy atom. The van der Waals surface area contributed by atoms with Crippen LogP contribution in [0.4, 0.5) is 21.6 Å². The number of carbonyl (C=O) groups excluding carboxylic acids is 1. The van der Waals surface area contributed by atoms with E-state index in [2.05, 4.69) is 15.7 Å². The van der Waals surface area contributed by atoms with Crippen LogP contribution in [0.2, 0.25) is 0 Å². The molecule has 21 heavy (non-hydrogen) atoms. The van der Waals surface area contributed by atoms with Gasteiger partial charge in [0.15, 0.2) is 0 Å². The Morgan fingerprint density at radius 2 is 2.10 bits per heavy atom. The first-order valence-electron chi connectivity index (χ1n) is 5.68. The smallest absolute Gasteiger partial charge is 0.274 e. The van der Waals surface area contributed by atoms with E-state index in [1.54, 1.807) is 0 Å². The summed E-state index contributed by atoms with van der Waals surface area (Å²) in [5, 5.41) is 13.0. The lowest BCUT2D eigenvalue weighted by Crippen LogP contribution is -2.14. The Bertz CT molecular complexity index is 690. The highest BCUT2D eigenvalue weighted by molar-refractivity contribution is 6.04. The zero-order valence-corrected chi connectivity index (χ0v) is 10.5. The fraction of sp³-hybridized carbons (Fsp3) is 0. The number of nitrogens with two attached hydrogens (primary N) is 1. The van der Waals surface area contributed by atoms with Crippen LogP contribution in [0.3, 0.4) is 0 Å². The van der Waals surface area contributed by atoms with Gasteiger partial charge < -0.3 is 10.7 Å². The van der Waals surface area contributed by atoms with Crippen LogP contribution < -0.4 is 16.6 Å². The van der Waals surface area contributed by atoms with Gasteiger partial charge in [-0.25, -0.2) is 15.2 Å². The lowest BCUT2D eigenvalue weighted by atomic mass is 10.2. The number of hydrogen-bond acceptors (Lipinski definition) is 6. The van der Waals surface area contributed by atoms with E-state index >= 15 is 0 Å². The van der Waals surface area contributed by atoms with Crippen LogP contribution in [0.5, 0.6) is 0 Å². The average molecular weight is 291 g/mol. The van der Waals surface area contributed by atoms with Crippen LogP contribution in [-0.2, 0) is 0 Å². The Morgan fingerprint density at radius 3 is 2.67 bits per heavy atom. The molecule has 0 atom stereocenters. The SMILES string of the molecule is NNc1ccc(C(=O)Nc2cc(F)cc([N+](=O)[O-])c2)cn1. The molecule has 1 aromatic heterocycles.